The molecule has 0 radical (unpaired) electrons. The molecule has 13 heavy (non-hydrogen) atoms. The van der Waals surface area contributed by atoms with Crippen LogP contribution in [0.1, 0.15) is 11.6 Å². The molecule has 0 spiro atoms. The van der Waals surface area contributed by atoms with E-state index < -0.39 is 29.3 Å². The van der Waals surface area contributed by atoms with E-state index in [1.165, 1.54) is 0 Å². The molecule has 1 aromatic carbocycles. The Kier molecular flexibility index (Phi) is 3.19. The van der Waals surface area contributed by atoms with Gasteiger partial charge in [-0.25, -0.2) is 8.78 Å². The zero-order valence-corrected chi connectivity index (χ0v) is 7.35. The molecule has 72 valence electrons. The molecule has 0 aliphatic carbocycles. The van der Waals surface area contributed by atoms with Crippen LogP contribution in [-0.4, -0.2) is 11.7 Å². The molecule has 0 unspecified atom stereocenters. The summed E-state index contributed by atoms with van der Waals surface area (Å²) in [5.74, 6) is -1.75. The van der Waals surface area contributed by atoms with Crippen molar-refractivity contribution in [1.82, 2.24) is 0 Å². The predicted molar refractivity (Wildman–Crippen MR) is 45.4 cm³/mol. The number of aliphatic hydroxyl groups is 1. The van der Waals surface area contributed by atoms with Gasteiger partial charge in [0.25, 0.3) is 0 Å². The lowest BCUT2D eigenvalue weighted by Crippen LogP contribution is -2.16. The van der Waals surface area contributed by atoms with Gasteiger partial charge in [-0.3, -0.25) is 0 Å². The van der Waals surface area contributed by atoms with E-state index in [9.17, 15) is 8.78 Å². The summed E-state index contributed by atoms with van der Waals surface area (Å²) in [6.45, 7) is -0.418. The van der Waals surface area contributed by atoms with E-state index in [1.807, 2.05) is 0 Å². The van der Waals surface area contributed by atoms with Gasteiger partial charge in [0.15, 0.2) is 0 Å². The molecule has 1 aromatic rings. The third-order valence-corrected chi connectivity index (χ3v) is 2.01. The van der Waals surface area contributed by atoms with Gasteiger partial charge in [-0.15, -0.1) is 0 Å². The Morgan fingerprint density at radius 2 is 2.08 bits per heavy atom. The van der Waals surface area contributed by atoms with Gasteiger partial charge in [-0.1, -0.05) is 17.7 Å². The number of hydrogen-bond acceptors (Lipinski definition) is 2. The minimum absolute atomic E-state index is 0.00824. The van der Waals surface area contributed by atoms with Gasteiger partial charge in [0.1, 0.15) is 16.7 Å². The Hall–Kier alpha value is -0.710. The highest BCUT2D eigenvalue weighted by atomic mass is 35.5. The van der Waals surface area contributed by atoms with Crippen LogP contribution in [-0.2, 0) is 0 Å². The predicted octanol–water partition coefficient (Wildman–Crippen LogP) is 1.61. The molecule has 0 bridgehead atoms. The van der Waals surface area contributed by atoms with Crippen molar-refractivity contribution in [3.63, 3.8) is 0 Å². The standard InChI is InChI=1S/C8H8ClF2NO/c9-7-5(10)2-1-4(8(7)11)6(12)3-13/h1-2,6,13H,3,12H2/t6-/m1/s1. The summed E-state index contributed by atoms with van der Waals surface area (Å²) in [6.07, 6.45) is 0. The maximum Gasteiger partial charge on any atom is 0.149 e. The summed E-state index contributed by atoms with van der Waals surface area (Å²) in [5, 5.41) is 8.05. The quantitative estimate of drug-likeness (QED) is 0.724. The number of halogens is 3. The first kappa shape index (κ1) is 10.4. The maximum atomic E-state index is 13.1. The molecule has 0 saturated carbocycles. The Balaban J connectivity index is 3.18. The van der Waals surface area contributed by atoms with Gasteiger partial charge in [-0.2, -0.15) is 0 Å². The first-order valence-corrected chi connectivity index (χ1v) is 3.95. The van der Waals surface area contributed by atoms with Crippen molar-refractivity contribution in [3.05, 3.63) is 34.4 Å². The van der Waals surface area contributed by atoms with Crippen molar-refractivity contribution in [1.29, 1.82) is 0 Å². The van der Waals surface area contributed by atoms with E-state index in [2.05, 4.69) is 0 Å². The molecule has 3 N–H and O–H groups in total. The number of nitrogens with two attached hydrogens (primary N) is 1. The zero-order chi connectivity index (χ0) is 10.0. The van der Waals surface area contributed by atoms with Crippen molar-refractivity contribution in [3.8, 4) is 0 Å². The third-order valence-electron chi connectivity index (χ3n) is 1.66. The average molecular weight is 208 g/mol. The van der Waals surface area contributed by atoms with Crippen molar-refractivity contribution in [2.75, 3.05) is 6.61 Å². The first-order valence-electron chi connectivity index (χ1n) is 3.57. The van der Waals surface area contributed by atoms with E-state index in [4.69, 9.17) is 22.4 Å². The highest BCUT2D eigenvalue weighted by Crippen LogP contribution is 2.24. The molecule has 0 amide bonds. The number of rotatable bonds is 2. The molecule has 5 heteroatoms. The van der Waals surface area contributed by atoms with E-state index in [0.29, 0.717) is 0 Å². The van der Waals surface area contributed by atoms with Crippen molar-refractivity contribution >= 4 is 11.6 Å². The van der Waals surface area contributed by atoms with Gasteiger partial charge in [-0.05, 0) is 6.07 Å². The van der Waals surface area contributed by atoms with Crippen LogP contribution in [0.25, 0.3) is 0 Å². The maximum absolute atomic E-state index is 13.1. The molecule has 1 atom stereocenters. The van der Waals surface area contributed by atoms with E-state index in [0.717, 1.165) is 12.1 Å². The Labute approximate surface area is 78.9 Å². The number of benzene rings is 1. The molecule has 0 aromatic heterocycles. The summed E-state index contributed by atoms with van der Waals surface area (Å²) in [4.78, 5) is 0. The minimum Gasteiger partial charge on any atom is -0.394 e. The SMILES string of the molecule is N[C@H](CO)c1ccc(F)c(Cl)c1F. The van der Waals surface area contributed by atoms with Crippen LogP contribution < -0.4 is 5.73 Å². The molecule has 0 aliphatic rings. The van der Waals surface area contributed by atoms with Gasteiger partial charge in [0, 0.05) is 5.56 Å². The van der Waals surface area contributed by atoms with E-state index in [1.54, 1.807) is 0 Å². The van der Waals surface area contributed by atoms with Crippen LogP contribution in [0.5, 0.6) is 0 Å². The number of hydrogen-bond donors (Lipinski definition) is 2. The summed E-state index contributed by atoms with van der Waals surface area (Å²) in [6, 6.07) is 1.30. The highest BCUT2D eigenvalue weighted by molar-refractivity contribution is 6.30. The topological polar surface area (TPSA) is 46.2 Å². The molecular weight excluding hydrogens is 200 g/mol. The first-order chi connectivity index (χ1) is 6.07. The lowest BCUT2D eigenvalue weighted by atomic mass is 10.1. The Morgan fingerprint density at radius 3 is 2.62 bits per heavy atom. The fourth-order valence-corrected chi connectivity index (χ4v) is 1.10. The van der Waals surface area contributed by atoms with Crippen LogP contribution in [0.4, 0.5) is 8.78 Å². The second-order valence-electron chi connectivity index (χ2n) is 2.55. The van der Waals surface area contributed by atoms with Crippen LogP contribution >= 0.6 is 11.6 Å². The van der Waals surface area contributed by atoms with Crippen molar-refractivity contribution in [2.24, 2.45) is 5.73 Å². The second-order valence-corrected chi connectivity index (χ2v) is 2.93. The Morgan fingerprint density at radius 1 is 1.46 bits per heavy atom. The Bertz CT molecular complexity index is 319. The van der Waals surface area contributed by atoms with Crippen LogP contribution in [0.3, 0.4) is 0 Å². The van der Waals surface area contributed by atoms with Gasteiger partial charge < -0.3 is 10.8 Å². The zero-order valence-electron chi connectivity index (χ0n) is 6.60. The largest absolute Gasteiger partial charge is 0.394 e. The molecule has 0 aliphatic heterocycles. The molecule has 0 heterocycles. The van der Waals surface area contributed by atoms with Gasteiger partial charge >= 0.3 is 0 Å². The number of aliphatic hydroxyl groups excluding tert-OH is 1. The summed E-state index contributed by atoms with van der Waals surface area (Å²) < 4.78 is 25.8. The van der Waals surface area contributed by atoms with E-state index >= 15 is 0 Å². The third kappa shape index (κ3) is 1.96. The second kappa shape index (κ2) is 4.00. The van der Waals surface area contributed by atoms with Crippen LogP contribution in [0.2, 0.25) is 5.02 Å². The smallest absolute Gasteiger partial charge is 0.149 e. The van der Waals surface area contributed by atoms with Crippen molar-refractivity contribution in [2.45, 2.75) is 6.04 Å². The van der Waals surface area contributed by atoms with Gasteiger partial charge in [0.2, 0.25) is 0 Å². The molecule has 0 fully saturated rings. The monoisotopic (exact) mass is 207 g/mol. The minimum atomic E-state index is -0.914. The van der Waals surface area contributed by atoms with Gasteiger partial charge in [0.05, 0.1) is 12.6 Å². The summed E-state index contributed by atoms with van der Waals surface area (Å²) >= 11 is 5.30. The fraction of sp³-hybridized carbons (Fsp3) is 0.250. The van der Waals surface area contributed by atoms with E-state index in [-0.39, 0.29) is 5.56 Å². The lowest BCUT2D eigenvalue weighted by molar-refractivity contribution is 0.265. The van der Waals surface area contributed by atoms with Crippen LogP contribution in [0, 0.1) is 11.6 Å². The average Bonchev–Trinajstić information content (AvgIpc) is 2.13. The normalized spacial score (nSPS) is 13.0. The summed E-state index contributed by atoms with van der Waals surface area (Å²) in [5.41, 5.74) is 5.35. The molecule has 1 rings (SSSR count). The highest BCUT2D eigenvalue weighted by Gasteiger charge is 2.15. The van der Waals surface area contributed by atoms with Crippen LogP contribution in [0.15, 0.2) is 12.1 Å². The summed E-state index contributed by atoms with van der Waals surface area (Å²) in [7, 11) is 0. The molecule has 2 nitrogen and oxygen atoms in total. The fourth-order valence-electron chi connectivity index (χ4n) is 0.926. The van der Waals surface area contributed by atoms with Crippen molar-refractivity contribution < 1.29 is 13.9 Å². The molecular formula is C8H8ClF2NO. The lowest BCUT2D eigenvalue weighted by Gasteiger charge is -2.10. The molecule has 0 saturated heterocycles.